The third kappa shape index (κ3) is 3.63. The highest BCUT2D eigenvalue weighted by atomic mass is 16.2. The lowest BCUT2D eigenvalue weighted by molar-refractivity contribution is -0.147. The summed E-state index contributed by atoms with van der Waals surface area (Å²) in [6.45, 7) is 7.06. The number of anilines is 1. The standard InChI is InChI=1S/C17H24N2O2/c1-13-8-7-11-19(12-13)16(21)17(2,3)15(20)18-14-9-5-4-6-10-14/h4-6,9-10,13H,7-8,11-12H2,1-3H3,(H,18,20). The highest BCUT2D eigenvalue weighted by Gasteiger charge is 2.40. The minimum absolute atomic E-state index is 0.0810. The average Bonchev–Trinajstić information content (AvgIpc) is 2.47. The van der Waals surface area contributed by atoms with Crippen LogP contribution in [0.25, 0.3) is 0 Å². The van der Waals surface area contributed by atoms with Gasteiger partial charge in [0.2, 0.25) is 11.8 Å². The normalized spacial score (nSPS) is 19.2. The molecule has 1 fully saturated rings. The summed E-state index contributed by atoms with van der Waals surface area (Å²) >= 11 is 0. The molecule has 0 radical (unpaired) electrons. The van der Waals surface area contributed by atoms with Crippen molar-refractivity contribution in [3.63, 3.8) is 0 Å². The molecule has 0 aliphatic carbocycles. The quantitative estimate of drug-likeness (QED) is 0.869. The first-order valence-electron chi connectivity index (χ1n) is 7.57. The maximum atomic E-state index is 12.7. The fourth-order valence-corrected chi connectivity index (χ4v) is 2.68. The molecule has 0 aromatic heterocycles. The van der Waals surface area contributed by atoms with Crippen molar-refractivity contribution < 1.29 is 9.59 Å². The molecule has 1 aliphatic heterocycles. The van der Waals surface area contributed by atoms with Gasteiger partial charge in [0.25, 0.3) is 0 Å². The van der Waals surface area contributed by atoms with E-state index >= 15 is 0 Å². The molecule has 1 N–H and O–H groups in total. The number of piperidine rings is 1. The molecule has 1 aromatic rings. The number of nitrogens with zero attached hydrogens (tertiary/aromatic N) is 1. The van der Waals surface area contributed by atoms with Crippen LogP contribution in [0.15, 0.2) is 30.3 Å². The first kappa shape index (κ1) is 15.5. The Bertz CT molecular complexity index is 511. The van der Waals surface area contributed by atoms with E-state index in [1.54, 1.807) is 13.8 Å². The maximum absolute atomic E-state index is 12.7. The molecule has 1 unspecified atom stereocenters. The maximum Gasteiger partial charge on any atom is 0.239 e. The molecule has 1 heterocycles. The second-order valence-corrected chi connectivity index (χ2v) is 6.44. The Labute approximate surface area is 126 Å². The molecule has 1 aromatic carbocycles. The lowest BCUT2D eigenvalue weighted by Gasteiger charge is -2.36. The predicted octanol–water partition coefficient (Wildman–Crippen LogP) is 2.91. The minimum Gasteiger partial charge on any atom is -0.342 e. The fourth-order valence-electron chi connectivity index (χ4n) is 2.68. The topological polar surface area (TPSA) is 49.4 Å². The van der Waals surface area contributed by atoms with Gasteiger partial charge >= 0.3 is 0 Å². The lowest BCUT2D eigenvalue weighted by atomic mass is 9.88. The van der Waals surface area contributed by atoms with Gasteiger partial charge in [-0.25, -0.2) is 0 Å². The van der Waals surface area contributed by atoms with Gasteiger partial charge in [0.05, 0.1) is 0 Å². The Balaban J connectivity index is 2.05. The summed E-state index contributed by atoms with van der Waals surface area (Å²) in [7, 11) is 0. The van der Waals surface area contributed by atoms with E-state index in [0.29, 0.717) is 5.92 Å². The largest absolute Gasteiger partial charge is 0.342 e. The van der Waals surface area contributed by atoms with Crippen molar-refractivity contribution in [2.75, 3.05) is 18.4 Å². The smallest absolute Gasteiger partial charge is 0.239 e. The monoisotopic (exact) mass is 288 g/mol. The van der Waals surface area contributed by atoms with Crippen LogP contribution in [-0.2, 0) is 9.59 Å². The first-order valence-corrected chi connectivity index (χ1v) is 7.57. The number of amides is 2. The van der Waals surface area contributed by atoms with Crippen molar-refractivity contribution in [3.05, 3.63) is 30.3 Å². The number of nitrogens with one attached hydrogen (secondary N) is 1. The van der Waals surface area contributed by atoms with Crippen LogP contribution in [0.3, 0.4) is 0 Å². The fraction of sp³-hybridized carbons (Fsp3) is 0.529. The summed E-state index contributed by atoms with van der Waals surface area (Å²) in [5.74, 6) is 0.176. The third-order valence-electron chi connectivity index (χ3n) is 4.08. The van der Waals surface area contributed by atoms with Gasteiger partial charge < -0.3 is 10.2 Å². The molecule has 21 heavy (non-hydrogen) atoms. The van der Waals surface area contributed by atoms with E-state index in [1.807, 2.05) is 35.2 Å². The van der Waals surface area contributed by atoms with Crippen molar-refractivity contribution in [2.24, 2.45) is 11.3 Å². The third-order valence-corrected chi connectivity index (χ3v) is 4.08. The van der Waals surface area contributed by atoms with Crippen LogP contribution in [0.2, 0.25) is 0 Å². The number of likely N-dealkylation sites (tertiary alicyclic amines) is 1. The van der Waals surface area contributed by atoms with Crippen LogP contribution in [0.1, 0.15) is 33.6 Å². The summed E-state index contributed by atoms with van der Waals surface area (Å²) in [6.07, 6.45) is 2.17. The summed E-state index contributed by atoms with van der Waals surface area (Å²) in [6, 6.07) is 9.25. The van der Waals surface area contributed by atoms with Crippen molar-refractivity contribution in [3.8, 4) is 0 Å². The van der Waals surface area contributed by atoms with Gasteiger partial charge in [-0.1, -0.05) is 25.1 Å². The second kappa shape index (κ2) is 6.29. The Hall–Kier alpha value is -1.84. The van der Waals surface area contributed by atoms with Crippen molar-refractivity contribution in [1.29, 1.82) is 0 Å². The van der Waals surface area contributed by atoms with E-state index in [1.165, 1.54) is 0 Å². The molecule has 0 bridgehead atoms. The van der Waals surface area contributed by atoms with Crippen molar-refractivity contribution in [1.82, 2.24) is 4.90 Å². The van der Waals surface area contributed by atoms with Gasteiger partial charge in [-0.3, -0.25) is 9.59 Å². The molecule has 1 saturated heterocycles. The van der Waals surface area contributed by atoms with E-state index in [2.05, 4.69) is 12.2 Å². The van der Waals surface area contributed by atoms with E-state index < -0.39 is 5.41 Å². The highest BCUT2D eigenvalue weighted by Crippen LogP contribution is 2.25. The average molecular weight is 288 g/mol. The Kier molecular flexibility index (Phi) is 4.66. The zero-order valence-corrected chi connectivity index (χ0v) is 13.1. The summed E-state index contributed by atoms with van der Waals surface area (Å²) < 4.78 is 0. The molecule has 1 atom stereocenters. The Morgan fingerprint density at radius 3 is 2.52 bits per heavy atom. The molecule has 0 saturated carbocycles. The summed E-state index contributed by atoms with van der Waals surface area (Å²) in [5.41, 5.74) is -0.331. The molecule has 2 amide bonds. The number of hydrogen-bond donors (Lipinski definition) is 1. The number of hydrogen-bond acceptors (Lipinski definition) is 2. The van der Waals surface area contributed by atoms with E-state index in [0.717, 1.165) is 31.6 Å². The molecule has 4 nitrogen and oxygen atoms in total. The van der Waals surface area contributed by atoms with Crippen LogP contribution in [0, 0.1) is 11.3 Å². The van der Waals surface area contributed by atoms with Gasteiger partial charge in [-0.15, -0.1) is 0 Å². The number of carbonyl (C=O) groups is 2. The van der Waals surface area contributed by atoms with Gasteiger partial charge in [0.15, 0.2) is 0 Å². The highest BCUT2D eigenvalue weighted by molar-refractivity contribution is 6.09. The first-order chi connectivity index (χ1) is 9.91. The van der Waals surface area contributed by atoms with Crippen molar-refractivity contribution in [2.45, 2.75) is 33.6 Å². The van der Waals surface area contributed by atoms with Crippen LogP contribution in [0.4, 0.5) is 5.69 Å². The van der Waals surface area contributed by atoms with E-state index in [9.17, 15) is 9.59 Å². The Morgan fingerprint density at radius 2 is 1.90 bits per heavy atom. The van der Waals surface area contributed by atoms with E-state index in [4.69, 9.17) is 0 Å². The lowest BCUT2D eigenvalue weighted by Crippen LogP contribution is -2.50. The Morgan fingerprint density at radius 1 is 1.24 bits per heavy atom. The minimum atomic E-state index is -1.05. The SMILES string of the molecule is CC1CCCN(C(=O)C(C)(C)C(=O)Nc2ccccc2)C1. The molecular weight excluding hydrogens is 264 g/mol. The molecular formula is C17H24N2O2. The summed E-state index contributed by atoms with van der Waals surface area (Å²) in [5, 5.41) is 2.83. The number of para-hydroxylation sites is 1. The van der Waals surface area contributed by atoms with E-state index in [-0.39, 0.29) is 11.8 Å². The van der Waals surface area contributed by atoms with Gasteiger partial charge in [-0.2, -0.15) is 0 Å². The van der Waals surface area contributed by atoms with Crippen LogP contribution < -0.4 is 5.32 Å². The van der Waals surface area contributed by atoms with Crippen LogP contribution >= 0.6 is 0 Å². The van der Waals surface area contributed by atoms with Gasteiger partial charge in [0, 0.05) is 18.8 Å². The van der Waals surface area contributed by atoms with Crippen LogP contribution in [0.5, 0.6) is 0 Å². The molecule has 1 aliphatic rings. The predicted molar refractivity (Wildman–Crippen MR) is 83.8 cm³/mol. The van der Waals surface area contributed by atoms with Gasteiger partial charge in [0.1, 0.15) is 5.41 Å². The van der Waals surface area contributed by atoms with Gasteiger partial charge in [-0.05, 0) is 44.7 Å². The summed E-state index contributed by atoms with van der Waals surface area (Å²) in [4.78, 5) is 26.9. The molecule has 2 rings (SSSR count). The number of carbonyl (C=O) groups excluding carboxylic acids is 2. The molecule has 114 valence electrons. The number of benzene rings is 1. The zero-order chi connectivity index (χ0) is 15.5. The van der Waals surface area contributed by atoms with Crippen LogP contribution in [-0.4, -0.2) is 29.8 Å². The molecule has 4 heteroatoms. The zero-order valence-electron chi connectivity index (χ0n) is 13.1. The van der Waals surface area contributed by atoms with Crippen molar-refractivity contribution >= 4 is 17.5 Å². The second-order valence-electron chi connectivity index (χ2n) is 6.44. The number of rotatable bonds is 3. The molecule has 0 spiro atoms.